The fourth-order valence-corrected chi connectivity index (χ4v) is 2.33. The number of fused-ring (bicyclic) bond motifs is 1. The predicted molar refractivity (Wildman–Crippen MR) is 63.4 cm³/mol. The number of furan rings is 1. The Hall–Kier alpha value is -1.55. The molecule has 84 valence electrons. The van der Waals surface area contributed by atoms with E-state index in [1.807, 2.05) is 12.1 Å². The van der Waals surface area contributed by atoms with Crippen molar-refractivity contribution in [1.82, 2.24) is 4.98 Å². The van der Waals surface area contributed by atoms with Gasteiger partial charge in [0.15, 0.2) is 0 Å². The van der Waals surface area contributed by atoms with Gasteiger partial charge in [-0.15, -0.1) is 0 Å². The van der Waals surface area contributed by atoms with Crippen LogP contribution in [0.15, 0.2) is 29.0 Å². The van der Waals surface area contributed by atoms with Crippen molar-refractivity contribution < 1.29 is 4.42 Å². The molecule has 1 aliphatic rings. The molecule has 3 rings (SSSR count). The van der Waals surface area contributed by atoms with Crippen molar-refractivity contribution in [1.29, 1.82) is 0 Å². The van der Waals surface area contributed by atoms with E-state index in [1.165, 1.54) is 0 Å². The van der Waals surface area contributed by atoms with Crippen LogP contribution in [0.3, 0.4) is 0 Å². The highest BCUT2D eigenvalue weighted by Crippen LogP contribution is 2.26. The highest BCUT2D eigenvalue weighted by Gasteiger charge is 2.19. The molecule has 0 aromatic carbocycles. The lowest BCUT2D eigenvalue weighted by Crippen LogP contribution is -2.43. The molecule has 1 atom stereocenters. The van der Waals surface area contributed by atoms with E-state index in [9.17, 15) is 0 Å². The monoisotopic (exact) mass is 217 g/mol. The molecule has 2 N–H and O–H groups in total. The lowest BCUT2D eigenvalue weighted by atomic mass is 10.1. The van der Waals surface area contributed by atoms with Crippen molar-refractivity contribution in [2.45, 2.75) is 18.9 Å². The molecule has 0 unspecified atom stereocenters. The minimum absolute atomic E-state index is 0.262. The summed E-state index contributed by atoms with van der Waals surface area (Å²) in [6.45, 7) is 1.92. The number of anilines is 1. The van der Waals surface area contributed by atoms with Gasteiger partial charge < -0.3 is 15.1 Å². The Labute approximate surface area is 94.0 Å². The average Bonchev–Trinajstić information content (AvgIpc) is 2.76. The first-order chi connectivity index (χ1) is 7.84. The van der Waals surface area contributed by atoms with Crippen LogP contribution in [0.4, 0.5) is 5.82 Å². The summed E-state index contributed by atoms with van der Waals surface area (Å²) in [4.78, 5) is 6.70. The van der Waals surface area contributed by atoms with Crippen molar-refractivity contribution in [3.8, 4) is 0 Å². The maximum absolute atomic E-state index is 5.99. The third-order valence-electron chi connectivity index (χ3n) is 3.12. The Morgan fingerprint density at radius 1 is 1.44 bits per heavy atom. The van der Waals surface area contributed by atoms with Crippen LogP contribution in [0, 0.1) is 0 Å². The highest BCUT2D eigenvalue weighted by molar-refractivity contribution is 5.88. The second kappa shape index (κ2) is 3.79. The van der Waals surface area contributed by atoms with Gasteiger partial charge in [0.25, 0.3) is 0 Å². The van der Waals surface area contributed by atoms with E-state index < -0.39 is 0 Å². The zero-order valence-electron chi connectivity index (χ0n) is 9.10. The topological polar surface area (TPSA) is 55.3 Å². The van der Waals surface area contributed by atoms with Gasteiger partial charge in [0, 0.05) is 25.3 Å². The van der Waals surface area contributed by atoms with Crippen LogP contribution in [0.1, 0.15) is 12.8 Å². The first-order valence-corrected chi connectivity index (χ1v) is 5.67. The highest BCUT2D eigenvalue weighted by atomic mass is 16.3. The van der Waals surface area contributed by atoms with E-state index >= 15 is 0 Å². The number of pyridine rings is 1. The number of piperidine rings is 1. The van der Waals surface area contributed by atoms with E-state index in [0.717, 1.165) is 42.7 Å². The van der Waals surface area contributed by atoms with Crippen LogP contribution >= 0.6 is 0 Å². The third kappa shape index (κ3) is 1.55. The molecule has 4 heteroatoms. The summed E-state index contributed by atoms with van der Waals surface area (Å²) in [7, 11) is 0. The van der Waals surface area contributed by atoms with Gasteiger partial charge in [-0.2, -0.15) is 0 Å². The molecule has 16 heavy (non-hydrogen) atoms. The number of rotatable bonds is 1. The molecule has 2 aromatic heterocycles. The summed E-state index contributed by atoms with van der Waals surface area (Å²) in [6, 6.07) is 4.12. The summed E-state index contributed by atoms with van der Waals surface area (Å²) in [5.41, 5.74) is 6.88. The van der Waals surface area contributed by atoms with Crippen LogP contribution in [0.25, 0.3) is 11.0 Å². The van der Waals surface area contributed by atoms with Crippen LogP contribution in [0.5, 0.6) is 0 Å². The first-order valence-electron chi connectivity index (χ1n) is 5.67. The smallest absolute Gasteiger partial charge is 0.139 e. The van der Waals surface area contributed by atoms with Gasteiger partial charge >= 0.3 is 0 Å². The fraction of sp³-hybridized carbons (Fsp3) is 0.417. The number of aromatic nitrogens is 1. The van der Waals surface area contributed by atoms with Crippen molar-refractivity contribution >= 4 is 16.8 Å². The zero-order chi connectivity index (χ0) is 11.0. The van der Waals surface area contributed by atoms with Gasteiger partial charge in [0.1, 0.15) is 11.4 Å². The molecular weight excluding hydrogens is 202 g/mol. The molecule has 2 aromatic rings. The normalized spacial score (nSPS) is 21.6. The molecule has 0 bridgehead atoms. The summed E-state index contributed by atoms with van der Waals surface area (Å²) < 4.78 is 5.38. The lowest BCUT2D eigenvalue weighted by molar-refractivity contribution is 0.504. The van der Waals surface area contributed by atoms with Gasteiger partial charge in [-0.05, 0) is 25.0 Å². The Balaban J connectivity index is 2.01. The van der Waals surface area contributed by atoms with E-state index in [2.05, 4.69) is 9.88 Å². The van der Waals surface area contributed by atoms with Crippen LogP contribution in [-0.4, -0.2) is 24.1 Å². The third-order valence-corrected chi connectivity index (χ3v) is 3.12. The molecule has 1 fully saturated rings. The lowest BCUT2D eigenvalue weighted by Gasteiger charge is -2.31. The van der Waals surface area contributed by atoms with Gasteiger partial charge in [-0.25, -0.2) is 4.98 Å². The first kappa shape index (κ1) is 9.66. The minimum atomic E-state index is 0.262. The Morgan fingerprint density at radius 3 is 3.25 bits per heavy atom. The van der Waals surface area contributed by atoms with Crippen molar-refractivity contribution in [2.75, 3.05) is 18.0 Å². The summed E-state index contributed by atoms with van der Waals surface area (Å²) in [5, 5.41) is 1.08. The molecular formula is C12H15N3O. The molecule has 0 spiro atoms. The molecule has 3 heterocycles. The van der Waals surface area contributed by atoms with Crippen molar-refractivity contribution in [2.24, 2.45) is 5.73 Å². The maximum atomic E-state index is 5.99. The second-order valence-corrected chi connectivity index (χ2v) is 4.32. The van der Waals surface area contributed by atoms with Crippen molar-refractivity contribution in [3.63, 3.8) is 0 Å². The van der Waals surface area contributed by atoms with Gasteiger partial charge in [-0.1, -0.05) is 0 Å². The quantitative estimate of drug-likeness (QED) is 0.790. The average molecular weight is 217 g/mol. The van der Waals surface area contributed by atoms with Crippen molar-refractivity contribution in [3.05, 3.63) is 24.6 Å². The summed E-state index contributed by atoms with van der Waals surface area (Å²) in [6.07, 6.45) is 5.75. The Bertz CT molecular complexity index is 494. The van der Waals surface area contributed by atoms with E-state index in [1.54, 1.807) is 12.5 Å². The van der Waals surface area contributed by atoms with E-state index in [0.29, 0.717) is 0 Å². The van der Waals surface area contributed by atoms with Crippen LogP contribution in [0.2, 0.25) is 0 Å². The van der Waals surface area contributed by atoms with Gasteiger partial charge in [0.2, 0.25) is 0 Å². The van der Waals surface area contributed by atoms with Crippen LogP contribution < -0.4 is 10.6 Å². The SMILES string of the molecule is N[C@@H]1CCCN(c2nccc3occc23)C1. The zero-order valence-corrected chi connectivity index (χ0v) is 9.10. The second-order valence-electron chi connectivity index (χ2n) is 4.32. The number of nitrogens with two attached hydrogens (primary N) is 1. The molecule has 0 radical (unpaired) electrons. The predicted octanol–water partition coefficient (Wildman–Crippen LogP) is 1.76. The molecule has 1 aliphatic heterocycles. The van der Waals surface area contributed by atoms with E-state index in [-0.39, 0.29) is 6.04 Å². The summed E-state index contributed by atoms with van der Waals surface area (Å²) in [5.74, 6) is 1.00. The molecule has 0 saturated carbocycles. The standard InChI is InChI=1S/C12H15N3O/c13-9-2-1-6-15(8-9)12-10-4-7-16-11(10)3-5-14-12/h3-5,7,9H,1-2,6,8,13H2/t9-/m1/s1. The minimum Gasteiger partial charge on any atom is -0.464 e. The van der Waals surface area contributed by atoms with Gasteiger partial charge in [-0.3, -0.25) is 0 Å². The molecule has 0 aliphatic carbocycles. The maximum Gasteiger partial charge on any atom is 0.139 e. The number of hydrogen-bond donors (Lipinski definition) is 1. The fourth-order valence-electron chi connectivity index (χ4n) is 2.33. The molecule has 4 nitrogen and oxygen atoms in total. The molecule has 1 saturated heterocycles. The Kier molecular flexibility index (Phi) is 2.29. The van der Waals surface area contributed by atoms with E-state index in [4.69, 9.17) is 10.2 Å². The summed E-state index contributed by atoms with van der Waals surface area (Å²) >= 11 is 0. The number of nitrogens with zero attached hydrogens (tertiary/aromatic N) is 2. The van der Waals surface area contributed by atoms with Crippen LogP contribution in [-0.2, 0) is 0 Å². The number of hydrogen-bond acceptors (Lipinski definition) is 4. The Morgan fingerprint density at radius 2 is 2.38 bits per heavy atom. The molecule has 0 amide bonds. The van der Waals surface area contributed by atoms with Gasteiger partial charge in [0.05, 0.1) is 11.6 Å². The largest absolute Gasteiger partial charge is 0.464 e.